The third-order valence-electron chi connectivity index (χ3n) is 3.84. The van der Waals surface area contributed by atoms with Crippen LogP contribution < -0.4 is 4.74 Å². The van der Waals surface area contributed by atoms with Crippen LogP contribution in [-0.2, 0) is 0 Å². The summed E-state index contributed by atoms with van der Waals surface area (Å²) in [5.41, 5.74) is 1.13. The summed E-state index contributed by atoms with van der Waals surface area (Å²) in [4.78, 5) is 12.6. The number of likely N-dealkylation sites (tertiary alicyclic amines) is 1. The van der Waals surface area contributed by atoms with Crippen LogP contribution in [-0.4, -0.2) is 35.8 Å². The standard InChI is InChI=1S/C13H14BrNO3/c14-11-3-1-2-9-10-7-15(13(16)17)6-8(10)4-5-18-12(9)11/h1-3,8,10H,4-7H2,(H,16,17)/t8-,10-/m0/s1. The molecule has 2 heterocycles. The van der Waals surface area contributed by atoms with Gasteiger partial charge in [0, 0.05) is 24.6 Å². The second-order valence-electron chi connectivity index (χ2n) is 4.85. The van der Waals surface area contributed by atoms with Crippen LogP contribution in [0.25, 0.3) is 0 Å². The number of para-hydroxylation sites is 1. The van der Waals surface area contributed by atoms with Crippen LogP contribution >= 0.6 is 15.9 Å². The molecular formula is C13H14BrNO3. The highest BCUT2D eigenvalue weighted by Crippen LogP contribution is 2.44. The highest BCUT2D eigenvalue weighted by molar-refractivity contribution is 9.10. The van der Waals surface area contributed by atoms with E-state index in [9.17, 15) is 4.79 Å². The number of hydrogen-bond acceptors (Lipinski definition) is 2. The van der Waals surface area contributed by atoms with Crippen LogP contribution in [0.3, 0.4) is 0 Å². The van der Waals surface area contributed by atoms with Gasteiger partial charge in [-0.05, 0) is 34.3 Å². The van der Waals surface area contributed by atoms with E-state index < -0.39 is 6.09 Å². The Morgan fingerprint density at radius 1 is 1.44 bits per heavy atom. The molecule has 1 fully saturated rings. The van der Waals surface area contributed by atoms with Crippen molar-refractivity contribution in [3.8, 4) is 5.75 Å². The molecule has 1 N–H and O–H groups in total. The largest absolute Gasteiger partial charge is 0.492 e. The predicted molar refractivity (Wildman–Crippen MR) is 70.1 cm³/mol. The number of hydrogen-bond donors (Lipinski definition) is 1. The minimum absolute atomic E-state index is 0.260. The Morgan fingerprint density at radius 2 is 2.28 bits per heavy atom. The van der Waals surface area contributed by atoms with Crippen LogP contribution in [0, 0.1) is 5.92 Å². The van der Waals surface area contributed by atoms with Gasteiger partial charge in [0.2, 0.25) is 0 Å². The smallest absolute Gasteiger partial charge is 0.407 e. The molecule has 0 spiro atoms. The Labute approximate surface area is 114 Å². The lowest BCUT2D eigenvalue weighted by Gasteiger charge is -2.16. The second kappa shape index (κ2) is 4.46. The summed E-state index contributed by atoms with van der Waals surface area (Å²) in [5, 5.41) is 9.12. The average molecular weight is 312 g/mol. The van der Waals surface area contributed by atoms with E-state index in [2.05, 4.69) is 22.0 Å². The van der Waals surface area contributed by atoms with Crippen molar-refractivity contribution in [2.45, 2.75) is 12.3 Å². The fraction of sp³-hybridized carbons (Fsp3) is 0.462. The first-order valence-corrected chi connectivity index (χ1v) is 6.85. The molecule has 0 radical (unpaired) electrons. The van der Waals surface area contributed by atoms with Crippen molar-refractivity contribution < 1.29 is 14.6 Å². The van der Waals surface area contributed by atoms with Crippen LogP contribution in [0.5, 0.6) is 5.75 Å². The Hall–Kier alpha value is -1.23. The number of fused-ring (bicyclic) bond motifs is 3. The van der Waals surface area contributed by atoms with Crippen molar-refractivity contribution >= 4 is 22.0 Å². The number of rotatable bonds is 0. The molecule has 1 saturated heterocycles. The molecule has 2 atom stereocenters. The van der Waals surface area contributed by atoms with E-state index >= 15 is 0 Å². The molecule has 1 aromatic carbocycles. The van der Waals surface area contributed by atoms with Crippen LogP contribution in [0.1, 0.15) is 17.9 Å². The first-order chi connectivity index (χ1) is 8.66. The third kappa shape index (κ3) is 1.86. The molecule has 18 heavy (non-hydrogen) atoms. The molecule has 1 aromatic rings. The van der Waals surface area contributed by atoms with Gasteiger partial charge in [0.1, 0.15) is 5.75 Å². The second-order valence-corrected chi connectivity index (χ2v) is 5.70. The molecule has 3 rings (SSSR count). The summed E-state index contributed by atoms with van der Waals surface area (Å²) < 4.78 is 6.75. The molecule has 5 heteroatoms. The lowest BCUT2D eigenvalue weighted by molar-refractivity contribution is 0.152. The van der Waals surface area contributed by atoms with Crippen LogP contribution in [0.2, 0.25) is 0 Å². The summed E-state index contributed by atoms with van der Waals surface area (Å²) in [6, 6.07) is 6.00. The Bertz CT molecular complexity index is 491. The van der Waals surface area contributed by atoms with Gasteiger partial charge in [-0.2, -0.15) is 0 Å². The van der Waals surface area contributed by atoms with Crippen molar-refractivity contribution in [3.63, 3.8) is 0 Å². The summed E-state index contributed by atoms with van der Waals surface area (Å²) in [6.45, 7) is 1.85. The Kier molecular flexibility index (Phi) is 2.93. The lowest BCUT2D eigenvalue weighted by Crippen LogP contribution is -2.27. The van der Waals surface area contributed by atoms with E-state index in [4.69, 9.17) is 9.84 Å². The number of benzene rings is 1. The topological polar surface area (TPSA) is 49.8 Å². The van der Waals surface area contributed by atoms with Crippen molar-refractivity contribution in [2.24, 2.45) is 5.92 Å². The number of amides is 1. The van der Waals surface area contributed by atoms with E-state index in [0.717, 1.165) is 22.2 Å². The third-order valence-corrected chi connectivity index (χ3v) is 4.47. The summed E-state index contributed by atoms with van der Waals surface area (Å²) in [5.74, 6) is 1.52. The maximum atomic E-state index is 11.1. The molecule has 2 aliphatic heterocycles. The quantitative estimate of drug-likeness (QED) is 0.801. The average Bonchev–Trinajstić information content (AvgIpc) is 2.68. The maximum absolute atomic E-state index is 11.1. The first kappa shape index (κ1) is 11.8. The van der Waals surface area contributed by atoms with E-state index in [1.165, 1.54) is 4.90 Å². The van der Waals surface area contributed by atoms with E-state index in [-0.39, 0.29) is 5.92 Å². The first-order valence-electron chi connectivity index (χ1n) is 6.06. The zero-order valence-corrected chi connectivity index (χ0v) is 11.4. The van der Waals surface area contributed by atoms with Crippen molar-refractivity contribution in [2.75, 3.05) is 19.7 Å². The Balaban J connectivity index is 1.99. The molecular weight excluding hydrogens is 298 g/mol. The van der Waals surface area contributed by atoms with Crippen molar-refractivity contribution in [3.05, 3.63) is 28.2 Å². The number of nitrogens with zero attached hydrogens (tertiary/aromatic N) is 1. The van der Waals surface area contributed by atoms with Gasteiger partial charge >= 0.3 is 6.09 Å². The van der Waals surface area contributed by atoms with E-state index in [1.807, 2.05) is 12.1 Å². The van der Waals surface area contributed by atoms with E-state index in [1.54, 1.807) is 0 Å². The molecule has 0 unspecified atom stereocenters. The predicted octanol–water partition coefficient (Wildman–Crippen LogP) is 2.93. The van der Waals surface area contributed by atoms with Gasteiger partial charge in [-0.25, -0.2) is 4.79 Å². The van der Waals surface area contributed by atoms with E-state index in [0.29, 0.717) is 25.6 Å². The lowest BCUT2D eigenvalue weighted by atomic mass is 9.87. The molecule has 4 nitrogen and oxygen atoms in total. The van der Waals surface area contributed by atoms with Crippen molar-refractivity contribution in [1.82, 2.24) is 4.90 Å². The summed E-state index contributed by atoms with van der Waals surface area (Å²) in [6.07, 6.45) is 0.0933. The number of carbonyl (C=O) groups is 1. The van der Waals surface area contributed by atoms with Crippen LogP contribution in [0.4, 0.5) is 4.79 Å². The van der Waals surface area contributed by atoms with Gasteiger partial charge in [-0.1, -0.05) is 12.1 Å². The fourth-order valence-electron chi connectivity index (χ4n) is 2.95. The monoisotopic (exact) mass is 311 g/mol. The zero-order chi connectivity index (χ0) is 12.7. The highest BCUT2D eigenvalue weighted by Gasteiger charge is 2.39. The number of halogens is 1. The van der Waals surface area contributed by atoms with Gasteiger partial charge in [0.05, 0.1) is 11.1 Å². The molecule has 0 bridgehead atoms. The number of ether oxygens (including phenoxy) is 1. The minimum Gasteiger partial charge on any atom is -0.492 e. The normalized spacial score (nSPS) is 25.9. The molecule has 0 aliphatic carbocycles. The fourth-order valence-corrected chi connectivity index (χ4v) is 3.45. The summed E-state index contributed by atoms with van der Waals surface area (Å²) in [7, 11) is 0. The number of carboxylic acid groups (broad SMARTS) is 1. The van der Waals surface area contributed by atoms with Crippen LogP contribution in [0.15, 0.2) is 22.7 Å². The molecule has 0 aromatic heterocycles. The van der Waals surface area contributed by atoms with Gasteiger partial charge in [0.15, 0.2) is 0 Å². The molecule has 0 saturated carbocycles. The van der Waals surface area contributed by atoms with Gasteiger partial charge in [-0.3, -0.25) is 0 Å². The Morgan fingerprint density at radius 3 is 3.06 bits per heavy atom. The molecule has 96 valence electrons. The van der Waals surface area contributed by atoms with Gasteiger partial charge in [0.25, 0.3) is 0 Å². The zero-order valence-electron chi connectivity index (χ0n) is 9.80. The van der Waals surface area contributed by atoms with Gasteiger partial charge < -0.3 is 14.7 Å². The molecule has 2 aliphatic rings. The highest BCUT2D eigenvalue weighted by atomic mass is 79.9. The summed E-state index contributed by atoms with van der Waals surface area (Å²) >= 11 is 3.50. The molecule has 1 amide bonds. The maximum Gasteiger partial charge on any atom is 0.407 e. The minimum atomic E-state index is -0.819. The SMILES string of the molecule is O=C(O)N1C[C@@H]2CCOc3c(Br)cccc3[C@H]2C1. The van der Waals surface area contributed by atoms with Crippen molar-refractivity contribution in [1.29, 1.82) is 0 Å². The van der Waals surface area contributed by atoms with Gasteiger partial charge in [-0.15, -0.1) is 0 Å².